The van der Waals surface area contributed by atoms with E-state index in [1.165, 1.54) is 81.6 Å². The molecular formula is C30H31ClFN3O7S. The van der Waals surface area contributed by atoms with Gasteiger partial charge < -0.3 is 19.1 Å². The normalized spacial score (nSPS) is 21.9. The molecule has 0 N–H and O–H groups in total. The van der Waals surface area contributed by atoms with Crippen LogP contribution in [0.2, 0.25) is 5.02 Å². The molecule has 10 nitrogen and oxygen atoms in total. The Bertz CT molecular complexity index is 1700. The molecular weight excluding hydrogens is 601 g/mol. The smallest absolute Gasteiger partial charge is 0.274 e. The first-order valence-electron chi connectivity index (χ1n) is 13.3. The lowest BCUT2D eigenvalue weighted by atomic mass is 9.80. The molecule has 1 saturated heterocycles. The van der Waals surface area contributed by atoms with Crippen molar-refractivity contribution in [1.29, 1.82) is 0 Å². The number of rotatable bonds is 8. The second kappa shape index (κ2) is 11.3. The molecule has 3 atom stereocenters. The number of alkyl halides is 1. The number of hydrogen-bond acceptors (Lipinski definition) is 8. The number of carbonyl (C=O) groups is 2. The SMILES string of the molecule is COc1ccc(S(=O)(=O)N2C(=O)C(c3ccccc3OC)(N3CC(F)C[C@H]3C(=O)N(C)C)c3cc(Cl)ccc32)c(OC)c1. The van der Waals surface area contributed by atoms with Crippen molar-refractivity contribution in [2.45, 2.75) is 29.1 Å². The Labute approximate surface area is 254 Å². The summed E-state index contributed by atoms with van der Waals surface area (Å²) in [5.74, 6) is -0.860. The van der Waals surface area contributed by atoms with Crippen molar-refractivity contribution < 1.29 is 36.6 Å². The number of para-hydroxylation sites is 1. The van der Waals surface area contributed by atoms with Gasteiger partial charge in [-0.05, 0) is 36.4 Å². The minimum absolute atomic E-state index is 0.00321. The molecule has 228 valence electrons. The summed E-state index contributed by atoms with van der Waals surface area (Å²) in [6.07, 6.45) is -1.68. The topological polar surface area (TPSA) is 106 Å². The van der Waals surface area contributed by atoms with E-state index in [0.717, 1.165) is 0 Å². The number of halogens is 2. The summed E-state index contributed by atoms with van der Waals surface area (Å²) in [6, 6.07) is 13.9. The third kappa shape index (κ3) is 4.68. The Balaban J connectivity index is 1.86. The molecule has 2 aliphatic heterocycles. The highest BCUT2D eigenvalue weighted by Crippen LogP contribution is 2.55. The van der Waals surface area contributed by atoms with Crippen molar-refractivity contribution in [3.63, 3.8) is 0 Å². The average molecular weight is 632 g/mol. The summed E-state index contributed by atoms with van der Waals surface area (Å²) in [5, 5.41) is 0.207. The zero-order valence-electron chi connectivity index (χ0n) is 24.2. The molecule has 1 fully saturated rings. The van der Waals surface area contributed by atoms with Gasteiger partial charge in [0.2, 0.25) is 5.91 Å². The van der Waals surface area contributed by atoms with E-state index in [1.54, 1.807) is 24.3 Å². The molecule has 0 saturated carbocycles. The van der Waals surface area contributed by atoms with Crippen LogP contribution in [0.5, 0.6) is 17.2 Å². The van der Waals surface area contributed by atoms with Crippen LogP contribution in [0.3, 0.4) is 0 Å². The largest absolute Gasteiger partial charge is 0.497 e. The predicted molar refractivity (Wildman–Crippen MR) is 158 cm³/mol. The minimum Gasteiger partial charge on any atom is -0.497 e. The van der Waals surface area contributed by atoms with Crippen LogP contribution in [0.4, 0.5) is 10.1 Å². The molecule has 5 rings (SSSR count). The molecule has 0 aromatic heterocycles. The molecule has 0 bridgehead atoms. The van der Waals surface area contributed by atoms with E-state index in [0.29, 0.717) is 10.1 Å². The summed E-state index contributed by atoms with van der Waals surface area (Å²) in [7, 11) is 2.54. The Morgan fingerprint density at radius 2 is 1.67 bits per heavy atom. The zero-order chi connectivity index (χ0) is 31.3. The van der Waals surface area contributed by atoms with Gasteiger partial charge in [0.25, 0.3) is 15.9 Å². The fourth-order valence-electron chi connectivity index (χ4n) is 6.00. The van der Waals surface area contributed by atoms with Crippen LogP contribution < -0.4 is 18.5 Å². The second-order valence-corrected chi connectivity index (χ2v) is 12.6. The van der Waals surface area contributed by atoms with Crippen molar-refractivity contribution in [1.82, 2.24) is 9.80 Å². The molecule has 13 heteroatoms. The predicted octanol–water partition coefficient (Wildman–Crippen LogP) is 3.85. The van der Waals surface area contributed by atoms with Gasteiger partial charge in [-0.1, -0.05) is 29.8 Å². The monoisotopic (exact) mass is 631 g/mol. The van der Waals surface area contributed by atoms with E-state index >= 15 is 9.18 Å². The van der Waals surface area contributed by atoms with Crippen molar-refractivity contribution in [2.24, 2.45) is 0 Å². The first-order valence-corrected chi connectivity index (χ1v) is 15.1. The van der Waals surface area contributed by atoms with E-state index in [1.807, 2.05) is 0 Å². The van der Waals surface area contributed by atoms with Crippen LogP contribution >= 0.6 is 11.6 Å². The van der Waals surface area contributed by atoms with Gasteiger partial charge in [0.05, 0.1) is 33.1 Å². The molecule has 2 heterocycles. The fourth-order valence-corrected chi connectivity index (χ4v) is 7.77. The van der Waals surface area contributed by atoms with E-state index in [-0.39, 0.29) is 51.2 Å². The van der Waals surface area contributed by atoms with Crippen molar-refractivity contribution in [3.05, 3.63) is 76.8 Å². The van der Waals surface area contributed by atoms with Gasteiger partial charge in [-0.25, -0.2) is 17.1 Å². The summed E-state index contributed by atoms with van der Waals surface area (Å²) >= 11 is 6.49. The number of likely N-dealkylation sites (N-methyl/N-ethyl adjacent to an activating group) is 1. The minimum atomic E-state index is -4.67. The van der Waals surface area contributed by atoms with Crippen LogP contribution in [0.15, 0.2) is 65.6 Å². The number of likely N-dealkylation sites (tertiary alicyclic amines) is 1. The Morgan fingerprint density at radius 3 is 2.33 bits per heavy atom. The summed E-state index contributed by atoms with van der Waals surface area (Å²) < 4.78 is 61.3. The van der Waals surface area contributed by atoms with Crippen LogP contribution in [0.25, 0.3) is 0 Å². The van der Waals surface area contributed by atoms with Crippen LogP contribution in [-0.4, -0.2) is 84.2 Å². The molecule has 2 aliphatic rings. The third-order valence-electron chi connectivity index (χ3n) is 7.85. The molecule has 43 heavy (non-hydrogen) atoms. The Hall–Kier alpha value is -3.87. The summed E-state index contributed by atoms with van der Waals surface area (Å²) in [5.41, 5.74) is -1.62. The molecule has 2 unspecified atom stereocenters. The molecule has 0 radical (unpaired) electrons. The third-order valence-corrected chi connectivity index (χ3v) is 9.83. The zero-order valence-corrected chi connectivity index (χ0v) is 25.8. The number of amides is 2. The van der Waals surface area contributed by atoms with Gasteiger partial charge in [0.1, 0.15) is 28.3 Å². The van der Waals surface area contributed by atoms with Crippen LogP contribution in [-0.2, 0) is 25.2 Å². The fraction of sp³-hybridized carbons (Fsp3) is 0.333. The van der Waals surface area contributed by atoms with E-state index in [2.05, 4.69) is 0 Å². The van der Waals surface area contributed by atoms with Gasteiger partial charge in [-0.2, -0.15) is 0 Å². The van der Waals surface area contributed by atoms with Crippen molar-refractivity contribution in [2.75, 3.05) is 46.3 Å². The highest BCUT2D eigenvalue weighted by molar-refractivity contribution is 7.93. The van der Waals surface area contributed by atoms with Crippen LogP contribution in [0, 0.1) is 0 Å². The number of anilines is 1. The number of nitrogens with zero attached hydrogens (tertiary/aromatic N) is 3. The van der Waals surface area contributed by atoms with Gasteiger partial charge in [0, 0.05) is 49.3 Å². The second-order valence-electron chi connectivity index (χ2n) is 10.4. The average Bonchev–Trinajstić information content (AvgIpc) is 3.50. The molecule has 2 amide bonds. The lowest BCUT2D eigenvalue weighted by Gasteiger charge is -2.42. The highest BCUT2D eigenvalue weighted by atomic mass is 35.5. The lowest BCUT2D eigenvalue weighted by molar-refractivity contribution is -0.138. The van der Waals surface area contributed by atoms with E-state index in [9.17, 15) is 13.2 Å². The van der Waals surface area contributed by atoms with Crippen LogP contribution in [0.1, 0.15) is 17.5 Å². The van der Waals surface area contributed by atoms with Crippen molar-refractivity contribution >= 4 is 39.1 Å². The first-order chi connectivity index (χ1) is 20.4. The van der Waals surface area contributed by atoms with Gasteiger partial charge in [-0.3, -0.25) is 14.5 Å². The quantitative estimate of drug-likeness (QED) is 0.369. The lowest BCUT2D eigenvalue weighted by Crippen LogP contribution is -2.59. The summed E-state index contributed by atoms with van der Waals surface area (Å²) in [4.78, 5) is 31.1. The maximum absolute atomic E-state index is 15.4. The number of benzene rings is 3. The Morgan fingerprint density at radius 1 is 0.977 bits per heavy atom. The van der Waals surface area contributed by atoms with Gasteiger partial charge in [-0.15, -0.1) is 0 Å². The first kappa shape index (κ1) is 30.6. The van der Waals surface area contributed by atoms with Gasteiger partial charge >= 0.3 is 0 Å². The standard InChI is InChI=1S/C30H31ClFN3O7S/c1-33(2)28(36)24-15-19(32)17-34(24)30(21-8-6-7-9-25(21)41-4)22-14-18(31)10-12-23(22)35(29(30)37)43(38,39)27-13-11-20(40-3)16-26(27)42-5/h6-14,16,19,24H,15,17H2,1-5H3/t19?,24-,30?/m0/s1. The van der Waals surface area contributed by atoms with E-state index in [4.69, 9.17) is 25.8 Å². The molecule has 0 aliphatic carbocycles. The number of carbonyl (C=O) groups excluding carboxylic acids is 2. The maximum Gasteiger partial charge on any atom is 0.274 e. The van der Waals surface area contributed by atoms with Gasteiger partial charge in [0.15, 0.2) is 5.54 Å². The number of ether oxygens (including phenoxy) is 3. The number of hydrogen-bond donors (Lipinski definition) is 0. The molecule has 0 spiro atoms. The molecule has 3 aromatic carbocycles. The van der Waals surface area contributed by atoms with E-state index < -0.39 is 39.6 Å². The molecule has 3 aromatic rings. The summed E-state index contributed by atoms with van der Waals surface area (Å²) in [6.45, 7) is -0.334. The Kier molecular flexibility index (Phi) is 8.05. The number of methoxy groups -OCH3 is 3. The highest BCUT2D eigenvalue weighted by Gasteiger charge is 2.64. The number of fused-ring (bicyclic) bond motifs is 1. The maximum atomic E-state index is 15.4. The number of sulfonamides is 1. The van der Waals surface area contributed by atoms with Crippen molar-refractivity contribution in [3.8, 4) is 17.2 Å².